The van der Waals surface area contributed by atoms with Crippen molar-refractivity contribution in [1.29, 1.82) is 0 Å². The van der Waals surface area contributed by atoms with E-state index in [0.717, 1.165) is 15.3 Å². The fourth-order valence-electron chi connectivity index (χ4n) is 2.75. The van der Waals surface area contributed by atoms with Crippen molar-refractivity contribution in [2.24, 2.45) is 5.41 Å². The summed E-state index contributed by atoms with van der Waals surface area (Å²) in [4.78, 5) is 14.3. The molecule has 1 aromatic rings. The van der Waals surface area contributed by atoms with Crippen LogP contribution < -0.4 is 10.6 Å². The molecular formula is C14H19F3N2OS. The summed E-state index contributed by atoms with van der Waals surface area (Å²) in [5, 5.41) is 5.20. The minimum atomic E-state index is -4.54. The van der Waals surface area contributed by atoms with Gasteiger partial charge >= 0.3 is 6.18 Å². The second-order valence-electron chi connectivity index (χ2n) is 5.57. The van der Waals surface area contributed by atoms with Gasteiger partial charge in [-0.2, -0.15) is 13.2 Å². The molecule has 0 aromatic carbocycles. The third-order valence-electron chi connectivity index (χ3n) is 4.03. The Hall–Kier alpha value is -1.08. The third kappa shape index (κ3) is 2.94. The van der Waals surface area contributed by atoms with Crippen LogP contribution >= 0.6 is 11.3 Å². The Morgan fingerprint density at radius 3 is 2.57 bits per heavy atom. The zero-order valence-corrected chi connectivity index (χ0v) is 13.0. The maximum absolute atomic E-state index is 13.3. The third-order valence-corrected chi connectivity index (χ3v) is 5.01. The van der Waals surface area contributed by atoms with Gasteiger partial charge < -0.3 is 10.6 Å². The lowest BCUT2D eigenvalue weighted by Crippen LogP contribution is -2.52. The molecule has 2 rings (SSSR count). The largest absolute Gasteiger partial charge is 0.404 e. The lowest BCUT2D eigenvalue weighted by molar-refractivity contribution is -0.216. The molecule has 21 heavy (non-hydrogen) atoms. The van der Waals surface area contributed by atoms with Crippen LogP contribution in [0.1, 0.15) is 34.7 Å². The minimum Gasteiger partial charge on any atom is -0.349 e. The van der Waals surface area contributed by atoms with Crippen molar-refractivity contribution >= 4 is 17.2 Å². The zero-order valence-electron chi connectivity index (χ0n) is 12.2. The lowest BCUT2D eigenvalue weighted by Gasteiger charge is -2.30. The van der Waals surface area contributed by atoms with Crippen LogP contribution in [0.4, 0.5) is 13.2 Å². The van der Waals surface area contributed by atoms with Gasteiger partial charge in [-0.15, -0.1) is 11.3 Å². The maximum Gasteiger partial charge on any atom is 0.404 e. The van der Waals surface area contributed by atoms with Crippen LogP contribution in [0.15, 0.2) is 6.07 Å². The van der Waals surface area contributed by atoms with Gasteiger partial charge in [0.1, 0.15) is 0 Å². The monoisotopic (exact) mass is 320 g/mol. The predicted octanol–water partition coefficient (Wildman–Crippen LogP) is 3.08. The van der Waals surface area contributed by atoms with Gasteiger partial charge in [0.15, 0.2) is 5.41 Å². The van der Waals surface area contributed by atoms with E-state index in [9.17, 15) is 18.0 Å². The summed E-state index contributed by atoms with van der Waals surface area (Å²) in [7, 11) is 0. The van der Waals surface area contributed by atoms with Gasteiger partial charge in [-0.3, -0.25) is 4.79 Å². The first-order valence-electron chi connectivity index (χ1n) is 6.83. The molecule has 2 N–H and O–H groups in total. The number of hydrogen-bond acceptors (Lipinski definition) is 3. The smallest absolute Gasteiger partial charge is 0.349 e. The molecule has 2 heterocycles. The first-order valence-corrected chi connectivity index (χ1v) is 7.64. The molecule has 1 aromatic heterocycles. The summed E-state index contributed by atoms with van der Waals surface area (Å²) < 4.78 is 39.9. The quantitative estimate of drug-likeness (QED) is 0.898. The van der Waals surface area contributed by atoms with Gasteiger partial charge in [-0.1, -0.05) is 0 Å². The van der Waals surface area contributed by atoms with E-state index in [2.05, 4.69) is 10.6 Å². The van der Waals surface area contributed by atoms with Crippen molar-refractivity contribution in [3.05, 3.63) is 21.4 Å². The van der Waals surface area contributed by atoms with E-state index in [1.807, 2.05) is 19.9 Å². The highest BCUT2D eigenvalue weighted by molar-refractivity contribution is 7.12. The standard InChI is InChI=1S/C14H19F3N2OS/c1-8-6-11(10(3)21-8)9(2)19-12(20)13(14(15,16)17)4-5-18-7-13/h6,9,18H,4-5,7H2,1-3H3,(H,19,20). The normalized spacial score (nSPS) is 24.1. The Balaban J connectivity index is 2.18. The fraction of sp³-hybridized carbons (Fsp3) is 0.643. The zero-order chi connectivity index (χ0) is 15.8. The van der Waals surface area contributed by atoms with Crippen LogP contribution in [-0.4, -0.2) is 25.2 Å². The lowest BCUT2D eigenvalue weighted by atomic mass is 9.84. The highest BCUT2D eigenvalue weighted by Gasteiger charge is 2.61. The molecule has 0 radical (unpaired) electrons. The van der Waals surface area contributed by atoms with Crippen LogP contribution in [-0.2, 0) is 4.79 Å². The molecule has 7 heteroatoms. The van der Waals surface area contributed by atoms with Gasteiger partial charge in [0.05, 0.1) is 6.04 Å². The van der Waals surface area contributed by atoms with Gasteiger partial charge in [0.2, 0.25) is 5.91 Å². The molecule has 0 spiro atoms. The first kappa shape index (κ1) is 16.3. The van der Waals surface area contributed by atoms with Gasteiger partial charge in [-0.05, 0) is 45.4 Å². The van der Waals surface area contributed by atoms with Crippen LogP contribution in [0, 0.1) is 19.3 Å². The minimum absolute atomic E-state index is 0.206. The number of alkyl halides is 3. The SMILES string of the molecule is Cc1cc(C(C)NC(=O)C2(C(F)(F)F)CCNC2)c(C)s1. The van der Waals surface area contributed by atoms with Crippen molar-refractivity contribution in [1.82, 2.24) is 10.6 Å². The second-order valence-corrected chi connectivity index (χ2v) is 7.03. The van der Waals surface area contributed by atoms with Crippen molar-refractivity contribution in [3.63, 3.8) is 0 Å². The number of thiophene rings is 1. The summed E-state index contributed by atoms with van der Waals surface area (Å²) in [5.74, 6) is -0.934. The summed E-state index contributed by atoms with van der Waals surface area (Å²) in [6, 6.07) is 1.49. The molecule has 0 saturated carbocycles. The Kier molecular flexibility index (Phi) is 4.35. The first-order chi connectivity index (χ1) is 9.67. The topological polar surface area (TPSA) is 41.1 Å². The van der Waals surface area contributed by atoms with Crippen LogP contribution in [0.25, 0.3) is 0 Å². The number of aryl methyl sites for hydroxylation is 2. The van der Waals surface area contributed by atoms with E-state index in [4.69, 9.17) is 0 Å². The second kappa shape index (κ2) is 5.61. The van der Waals surface area contributed by atoms with E-state index < -0.39 is 23.5 Å². The molecule has 118 valence electrons. The van der Waals surface area contributed by atoms with Crippen molar-refractivity contribution in [2.75, 3.05) is 13.1 Å². The molecule has 3 nitrogen and oxygen atoms in total. The molecule has 2 unspecified atom stereocenters. The van der Waals surface area contributed by atoms with E-state index in [-0.39, 0.29) is 19.5 Å². The van der Waals surface area contributed by atoms with E-state index in [0.29, 0.717) is 0 Å². The van der Waals surface area contributed by atoms with E-state index in [1.54, 1.807) is 18.3 Å². The summed E-state index contributed by atoms with van der Waals surface area (Å²) >= 11 is 1.58. The predicted molar refractivity (Wildman–Crippen MR) is 76.3 cm³/mol. The Bertz CT molecular complexity index is 533. The molecular weight excluding hydrogens is 301 g/mol. The number of carbonyl (C=O) groups excluding carboxylic acids is 1. The molecule has 1 aliphatic heterocycles. The fourth-order valence-corrected chi connectivity index (χ4v) is 3.77. The van der Waals surface area contributed by atoms with Crippen molar-refractivity contribution in [3.8, 4) is 0 Å². The van der Waals surface area contributed by atoms with E-state index >= 15 is 0 Å². The summed E-state index contributed by atoms with van der Waals surface area (Å²) in [6.07, 6.45) is -4.75. The molecule has 0 bridgehead atoms. The maximum atomic E-state index is 13.3. The number of halogens is 3. The van der Waals surface area contributed by atoms with Crippen molar-refractivity contribution < 1.29 is 18.0 Å². The van der Waals surface area contributed by atoms with Gasteiger partial charge in [0.25, 0.3) is 0 Å². The Labute approximate surface area is 125 Å². The van der Waals surface area contributed by atoms with Gasteiger partial charge in [-0.25, -0.2) is 0 Å². The molecule has 1 fully saturated rings. The average molecular weight is 320 g/mol. The van der Waals surface area contributed by atoms with Crippen LogP contribution in [0.2, 0.25) is 0 Å². The summed E-state index contributed by atoms with van der Waals surface area (Å²) in [6.45, 7) is 5.42. The number of rotatable bonds is 3. The number of nitrogens with one attached hydrogen (secondary N) is 2. The molecule has 1 amide bonds. The Morgan fingerprint density at radius 1 is 1.48 bits per heavy atom. The van der Waals surface area contributed by atoms with Crippen LogP contribution in [0.5, 0.6) is 0 Å². The van der Waals surface area contributed by atoms with Gasteiger partial charge in [0, 0.05) is 16.3 Å². The molecule has 2 atom stereocenters. The molecule has 1 saturated heterocycles. The van der Waals surface area contributed by atoms with Crippen LogP contribution in [0.3, 0.4) is 0 Å². The van der Waals surface area contributed by atoms with E-state index in [1.165, 1.54) is 0 Å². The molecule has 1 aliphatic rings. The highest BCUT2D eigenvalue weighted by atomic mass is 32.1. The number of hydrogen-bond donors (Lipinski definition) is 2. The summed E-state index contributed by atoms with van der Waals surface area (Å²) in [5.41, 5.74) is -1.42. The number of carbonyl (C=O) groups is 1. The highest BCUT2D eigenvalue weighted by Crippen LogP contribution is 2.43. The average Bonchev–Trinajstić information content (AvgIpc) is 2.95. The van der Waals surface area contributed by atoms with Crippen molar-refractivity contribution in [2.45, 2.75) is 39.4 Å². The number of amides is 1. The molecule has 0 aliphatic carbocycles. The Morgan fingerprint density at radius 2 is 2.14 bits per heavy atom.